The molecule has 2 aromatic rings. The van der Waals surface area contributed by atoms with Crippen LogP contribution >= 0.6 is 0 Å². The van der Waals surface area contributed by atoms with E-state index in [1.54, 1.807) is 6.08 Å². The number of hydrogen-bond donors (Lipinski definition) is 2. The number of rotatable bonds is 5. The first-order valence-electron chi connectivity index (χ1n) is 12.2. The lowest BCUT2D eigenvalue weighted by Crippen LogP contribution is -2.48. The van der Waals surface area contributed by atoms with Crippen molar-refractivity contribution < 1.29 is 15.0 Å². The molecule has 0 saturated heterocycles. The molecule has 0 heterocycles. The lowest BCUT2D eigenvalue weighted by Gasteiger charge is -2.57. The van der Waals surface area contributed by atoms with Gasteiger partial charge >= 0.3 is 5.97 Å². The standard InChI is InChI=1S/C29H34O3/c1-4-24-18(3)28(17(2)9-22(24)6-8-27(31)32)23-5-7-26(30)25(13-23)29-14-19-10-20(15-29)12-21(11-19)16-29/h5-9,13,19-21,30H,4,10-12,14-16H2,1-3H3,(H,31,32). The fourth-order valence-electron chi connectivity index (χ4n) is 7.84. The zero-order valence-electron chi connectivity index (χ0n) is 19.4. The molecule has 32 heavy (non-hydrogen) atoms. The molecule has 2 N–H and O–H groups in total. The molecule has 4 aliphatic carbocycles. The Kier molecular flexibility index (Phi) is 5.19. The first-order chi connectivity index (χ1) is 15.3. The molecule has 4 aliphatic rings. The van der Waals surface area contributed by atoms with Crippen LogP contribution in [0.2, 0.25) is 0 Å². The van der Waals surface area contributed by atoms with Crippen molar-refractivity contribution in [3.8, 4) is 16.9 Å². The second-order valence-electron chi connectivity index (χ2n) is 10.7. The zero-order chi connectivity index (χ0) is 22.6. The Morgan fingerprint density at radius 2 is 1.69 bits per heavy atom. The van der Waals surface area contributed by atoms with E-state index in [9.17, 15) is 9.90 Å². The summed E-state index contributed by atoms with van der Waals surface area (Å²) in [7, 11) is 0. The van der Waals surface area contributed by atoms with Crippen molar-refractivity contribution in [1.82, 2.24) is 0 Å². The molecule has 4 saturated carbocycles. The highest BCUT2D eigenvalue weighted by Gasteiger charge is 2.52. The van der Waals surface area contributed by atoms with Gasteiger partial charge in [0.1, 0.15) is 5.75 Å². The van der Waals surface area contributed by atoms with Crippen molar-refractivity contribution >= 4 is 12.0 Å². The number of carbonyl (C=O) groups is 1. The van der Waals surface area contributed by atoms with E-state index in [1.807, 2.05) is 6.07 Å². The van der Waals surface area contributed by atoms with E-state index in [2.05, 4.69) is 39.0 Å². The number of phenolic OH excluding ortho intramolecular Hbond substituents is 1. The SMILES string of the molecule is CCc1c(C=CC(=O)O)cc(C)c(-c2ccc(O)c(C34CC5CC(CC(C5)C3)C4)c2)c1C. The summed E-state index contributed by atoms with van der Waals surface area (Å²) < 4.78 is 0. The molecule has 4 fully saturated rings. The molecule has 0 unspecified atom stereocenters. The molecule has 0 amide bonds. The second kappa shape index (κ2) is 7.79. The number of carboxylic acids is 1. The van der Waals surface area contributed by atoms with Crippen molar-refractivity contribution in [2.24, 2.45) is 17.8 Å². The van der Waals surface area contributed by atoms with Crippen LogP contribution in [0.4, 0.5) is 0 Å². The van der Waals surface area contributed by atoms with Gasteiger partial charge < -0.3 is 10.2 Å². The highest BCUT2D eigenvalue weighted by Crippen LogP contribution is 2.62. The van der Waals surface area contributed by atoms with Crippen LogP contribution in [-0.2, 0) is 16.6 Å². The van der Waals surface area contributed by atoms with Crippen molar-refractivity contribution in [3.05, 3.63) is 58.2 Å². The molecule has 0 radical (unpaired) electrons. The number of benzene rings is 2. The fourth-order valence-corrected chi connectivity index (χ4v) is 7.84. The van der Waals surface area contributed by atoms with Gasteiger partial charge in [0.05, 0.1) is 0 Å². The normalized spacial score (nSPS) is 28.5. The average Bonchev–Trinajstić information content (AvgIpc) is 2.72. The first-order valence-corrected chi connectivity index (χ1v) is 12.2. The van der Waals surface area contributed by atoms with Crippen molar-refractivity contribution in [2.75, 3.05) is 0 Å². The van der Waals surface area contributed by atoms with E-state index in [4.69, 9.17) is 5.11 Å². The van der Waals surface area contributed by atoms with Gasteiger partial charge in [-0.05, 0) is 134 Å². The third-order valence-electron chi connectivity index (χ3n) is 8.60. The third kappa shape index (κ3) is 3.46. The highest BCUT2D eigenvalue weighted by atomic mass is 16.4. The van der Waals surface area contributed by atoms with Crippen LogP contribution in [0.15, 0.2) is 30.3 Å². The Hall–Kier alpha value is -2.55. The lowest BCUT2D eigenvalue weighted by atomic mass is 9.48. The molecule has 6 rings (SSSR count). The summed E-state index contributed by atoms with van der Waals surface area (Å²) in [6.07, 6.45) is 11.6. The Balaban J connectivity index is 1.61. The maximum absolute atomic E-state index is 11.1. The Morgan fingerprint density at radius 1 is 1.06 bits per heavy atom. The van der Waals surface area contributed by atoms with E-state index >= 15 is 0 Å². The van der Waals surface area contributed by atoms with E-state index < -0.39 is 5.97 Å². The maximum atomic E-state index is 11.1. The average molecular weight is 431 g/mol. The van der Waals surface area contributed by atoms with Crippen molar-refractivity contribution in [3.63, 3.8) is 0 Å². The van der Waals surface area contributed by atoms with Crippen molar-refractivity contribution in [1.29, 1.82) is 0 Å². The molecule has 0 spiro atoms. The van der Waals surface area contributed by atoms with Crippen LogP contribution in [-0.4, -0.2) is 16.2 Å². The fraction of sp³-hybridized carbons (Fsp3) is 0.483. The third-order valence-corrected chi connectivity index (χ3v) is 8.60. The minimum atomic E-state index is -0.926. The number of hydrogen-bond acceptors (Lipinski definition) is 2. The van der Waals surface area contributed by atoms with E-state index in [0.29, 0.717) is 5.75 Å². The Bertz CT molecular complexity index is 1070. The molecule has 0 atom stereocenters. The lowest BCUT2D eigenvalue weighted by molar-refractivity contribution is -0.131. The maximum Gasteiger partial charge on any atom is 0.328 e. The van der Waals surface area contributed by atoms with E-state index in [-0.39, 0.29) is 5.41 Å². The van der Waals surface area contributed by atoms with E-state index in [1.165, 1.54) is 72.4 Å². The summed E-state index contributed by atoms with van der Waals surface area (Å²) in [5, 5.41) is 20.1. The topological polar surface area (TPSA) is 57.5 Å². The summed E-state index contributed by atoms with van der Waals surface area (Å²) >= 11 is 0. The molecular formula is C29H34O3. The van der Waals surface area contributed by atoms with E-state index in [0.717, 1.165) is 35.3 Å². The van der Waals surface area contributed by atoms with Crippen molar-refractivity contribution in [2.45, 2.75) is 71.1 Å². The Morgan fingerprint density at radius 3 is 2.25 bits per heavy atom. The van der Waals surface area contributed by atoms with Crippen LogP contribution < -0.4 is 0 Å². The van der Waals surface area contributed by atoms with Crippen LogP contribution in [0.3, 0.4) is 0 Å². The predicted octanol–water partition coefficient (Wildman–Crippen LogP) is 6.80. The minimum absolute atomic E-state index is 0.147. The Labute approximate surface area is 191 Å². The van der Waals surface area contributed by atoms with Crippen LogP contribution in [0.1, 0.15) is 73.3 Å². The number of carboxylic acid groups (broad SMARTS) is 1. The molecule has 168 valence electrons. The molecule has 3 nitrogen and oxygen atoms in total. The van der Waals surface area contributed by atoms with Gasteiger partial charge in [-0.1, -0.05) is 19.1 Å². The molecule has 2 aromatic carbocycles. The van der Waals surface area contributed by atoms with Crippen LogP contribution in [0.5, 0.6) is 5.75 Å². The van der Waals surface area contributed by atoms with Gasteiger partial charge in [0.2, 0.25) is 0 Å². The van der Waals surface area contributed by atoms with Crippen LogP contribution in [0.25, 0.3) is 17.2 Å². The molecular weight excluding hydrogens is 396 g/mol. The molecule has 0 aromatic heterocycles. The molecule has 0 aliphatic heterocycles. The predicted molar refractivity (Wildman–Crippen MR) is 129 cm³/mol. The minimum Gasteiger partial charge on any atom is -0.508 e. The second-order valence-corrected chi connectivity index (χ2v) is 10.7. The summed E-state index contributed by atoms with van der Waals surface area (Å²) in [6, 6.07) is 8.36. The molecule has 4 bridgehead atoms. The monoisotopic (exact) mass is 430 g/mol. The van der Waals surface area contributed by atoms with Gasteiger partial charge in [-0.2, -0.15) is 0 Å². The summed E-state index contributed by atoms with van der Waals surface area (Å²) in [6.45, 7) is 6.38. The quantitative estimate of drug-likeness (QED) is 0.513. The summed E-state index contributed by atoms with van der Waals surface area (Å²) in [5.74, 6) is 2.03. The summed E-state index contributed by atoms with van der Waals surface area (Å²) in [4.78, 5) is 11.1. The number of aromatic hydroxyl groups is 1. The van der Waals surface area contributed by atoms with Crippen LogP contribution in [0, 0.1) is 31.6 Å². The molecule has 3 heteroatoms. The van der Waals surface area contributed by atoms with Gasteiger partial charge in [0.25, 0.3) is 0 Å². The number of aryl methyl sites for hydroxylation is 1. The zero-order valence-corrected chi connectivity index (χ0v) is 19.4. The number of aliphatic carboxylic acids is 1. The summed E-state index contributed by atoms with van der Waals surface area (Å²) in [5.41, 5.74) is 8.23. The number of phenols is 1. The smallest absolute Gasteiger partial charge is 0.328 e. The highest BCUT2D eigenvalue weighted by molar-refractivity contribution is 5.86. The largest absolute Gasteiger partial charge is 0.508 e. The van der Waals surface area contributed by atoms with Gasteiger partial charge in [0, 0.05) is 11.6 Å². The van der Waals surface area contributed by atoms with Gasteiger partial charge in [0.15, 0.2) is 0 Å². The van der Waals surface area contributed by atoms with Gasteiger partial charge in [-0.3, -0.25) is 0 Å². The van der Waals surface area contributed by atoms with Gasteiger partial charge in [-0.15, -0.1) is 0 Å². The van der Waals surface area contributed by atoms with Gasteiger partial charge in [-0.25, -0.2) is 4.79 Å². The first kappa shape index (κ1) is 21.3.